The zero-order valence-electron chi connectivity index (χ0n) is 11.4. The van der Waals surface area contributed by atoms with Crippen molar-refractivity contribution in [3.05, 3.63) is 35.4 Å². The van der Waals surface area contributed by atoms with Crippen molar-refractivity contribution in [3.8, 4) is 11.5 Å². The normalized spacial score (nSPS) is 24.1. The van der Waals surface area contributed by atoms with E-state index in [9.17, 15) is 10.2 Å². The first-order valence-corrected chi connectivity index (χ1v) is 6.68. The predicted octanol–water partition coefficient (Wildman–Crippen LogP) is 4.19. The van der Waals surface area contributed by atoms with Crippen LogP contribution in [0.4, 0.5) is 0 Å². The third-order valence-corrected chi connectivity index (χ3v) is 4.03. The van der Waals surface area contributed by atoms with Gasteiger partial charge in [-0.2, -0.15) is 0 Å². The smallest absolute Gasteiger partial charge is 0.123 e. The van der Waals surface area contributed by atoms with E-state index >= 15 is 0 Å². The maximum atomic E-state index is 10.0. The SMILES string of the molecule is CC1=CC(c2ccc(O)cc2O)C(C(C)C)CC1. The van der Waals surface area contributed by atoms with Crippen LogP contribution in [0.1, 0.15) is 45.1 Å². The summed E-state index contributed by atoms with van der Waals surface area (Å²) in [6, 6.07) is 4.94. The number of phenols is 2. The highest BCUT2D eigenvalue weighted by Gasteiger charge is 2.29. The summed E-state index contributed by atoms with van der Waals surface area (Å²) < 4.78 is 0. The lowest BCUT2D eigenvalue weighted by atomic mass is 9.72. The summed E-state index contributed by atoms with van der Waals surface area (Å²) in [5, 5.41) is 19.4. The first-order chi connectivity index (χ1) is 8.49. The molecule has 2 nitrogen and oxygen atoms in total. The van der Waals surface area contributed by atoms with E-state index < -0.39 is 0 Å². The van der Waals surface area contributed by atoms with Crippen molar-refractivity contribution in [2.45, 2.75) is 39.5 Å². The van der Waals surface area contributed by atoms with Crippen LogP contribution < -0.4 is 0 Å². The van der Waals surface area contributed by atoms with E-state index in [4.69, 9.17) is 0 Å². The second-order valence-corrected chi connectivity index (χ2v) is 5.73. The highest BCUT2D eigenvalue weighted by molar-refractivity contribution is 5.43. The van der Waals surface area contributed by atoms with E-state index in [-0.39, 0.29) is 17.4 Å². The van der Waals surface area contributed by atoms with Crippen LogP contribution in [0.2, 0.25) is 0 Å². The minimum absolute atomic E-state index is 0.119. The van der Waals surface area contributed by atoms with Gasteiger partial charge in [0.1, 0.15) is 11.5 Å². The third-order valence-electron chi connectivity index (χ3n) is 4.03. The molecule has 0 bridgehead atoms. The lowest BCUT2D eigenvalue weighted by molar-refractivity contribution is 0.310. The van der Waals surface area contributed by atoms with Crippen molar-refractivity contribution in [1.29, 1.82) is 0 Å². The molecule has 1 aliphatic rings. The molecule has 1 aliphatic carbocycles. The van der Waals surface area contributed by atoms with Gasteiger partial charge in [-0.15, -0.1) is 0 Å². The minimum Gasteiger partial charge on any atom is -0.508 e. The zero-order chi connectivity index (χ0) is 13.3. The summed E-state index contributed by atoms with van der Waals surface area (Å²) in [6.45, 7) is 6.63. The van der Waals surface area contributed by atoms with Crippen LogP contribution in [-0.4, -0.2) is 10.2 Å². The Hall–Kier alpha value is -1.44. The minimum atomic E-state index is 0.119. The van der Waals surface area contributed by atoms with Crippen molar-refractivity contribution < 1.29 is 10.2 Å². The van der Waals surface area contributed by atoms with Gasteiger partial charge in [0.2, 0.25) is 0 Å². The first-order valence-electron chi connectivity index (χ1n) is 6.68. The number of benzene rings is 1. The average molecular weight is 246 g/mol. The second kappa shape index (κ2) is 5.05. The Bertz CT molecular complexity index is 460. The molecule has 0 saturated carbocycles. The summed E-state index contributed by atoms with van der Waals surface area (Å²) in [5.74, 6) is 1.74. The molecular weight excluding hydrogens is 224 g/mol. The Balaban J connectivity index is 2.41. The van der Waals surface area contributed by atoms with Crippen LogP contribution >= 0.6 is 0 Å². The summed E-state index contributed by atoms with van der Waals surface area (Å²) in [7, 11) is 0. The Morgan fingerprint density at radius 1 is 1.22 bits per heavy atom. The molecule has 18 heavy (non-hydrogen) atoms. The summed E-state index contributed by atoms with van der Waals surface area (Å²) >= 11 is 0. The monoisotopic (exact) mass is 246 g/mol. The van der Waals surface area contributed by atoms with E-state index in [1.807, 2.05) is 6.07 Å². The fourth-order valence-electron chi connectivity index (χ4n) is 2.97. The summed E-state index contributed by atoms with van der Waals surface area (Å²) in [5.41, 5.74) is 2.33. The van der Waals surface area contributed by atoms with E-state index in [2.05, 4.69) is 26.8 Å². The molecule has 2 rings (SSSR count). The molecule has 2 unspecified atom stereocenters. The fraction of sp³-hybridized carbons (Fsp3) is 0.500. The lowest BCUT2D eigenvalue weighted by Crippen LogP contribution is -2.21. The van der Waals surface area contributed by atoms with Crippen LogP contribution in [0.25, 0.3) is 0 Å². The molecule has 0 amide bonds. The average Bonchev–Trinajstić information content (AvgIpc) is 2.28. The van der Waals surface area contributed by atoms with Crippen molar-refractivity contribution in [2.75, 3.05) is 0 Å². The fourth-order valence-corrected chi connectivity index (χ4v) is 2.97. The molecule has 2 heteroatoms. The van der Waals surface area contributed by atoms with Gasteiger partial charge in [0.05, 0.1) is 0 Å². The Morgan fingerprint density at radius 2 is 1.94 bits per heavy atom. The van der Waals surface area contributed by atoms with Crippen molar-refractivity contribution in [2.24, 2.45) is 11.8 Å². The molecule has 0 spiro atoms. The van der Waals surface area contributed by atoms with Crippen LogP contribution in [0, 0.1) is 11.8 Å². The van der Waals surface area contributed by atoms with E-state index in [0.29, 0.717) is 11.8 Å². The number of allylic oxidation sites excluding steroid dienone is 2. The topological polar surface area (TPSA) is 40.5 Å². The second-order valence-electron chi connectivity index (χ2n) is 5.73. The maximum Gasteiger partial charge on any atom is 0.123 e. The Labute approximate surface area is 109 Å². The van der Waals surface area contributed by atoms with Crippen molar-refractivity contribution >= 4 is 0 Å². The first kappa shape index (κ1) is 13.0. The van der Waals surface area contributed by atoms with Gasteiger partial charge in [-0.25, -0.2) is 0 Å². The quantitative estimate of drug-likeness (QED) is 0.768. The molecular formula is C16H22O2. The number of hydrogen-bond acceptors (Lipinski definition) is 2. The van der Waals surface area contributed by atoms with Crippen LogP contribution in [0.5, 0.6) is 11.5 Å². The van der Waals surface area contributed by atoms with E-state index in [1.54, 1.807) is 6.07 Å². The van der Waals surface area contributed by atoms with Gasteiger partial charge < -0.3 is 10.2 Å². The zero-order valence-corrected chi connectivity index (χ0v) is 11.4. The van der Waals surface area contributed by atoms with Crippen LogP contribution in [-0.2, 0) is 0 Å². The number of aromatic hydroxyl groups is 2. The third kappa shape index (κ3) is 2.53. The molecule has 2 atom stereocenters. The predicted molar refractivity (Wildman–Crippen MR) is 73.8 cm³/mol. The Kier molecular flexibility index (Phi) is 3.65. The van der Waals surface area contributed by atoms with Gasteiger partial charge in [0.25, 0.3) is 0 Å². The van der Waals surface area contributed by atoms with E-state index in [0.717, 1.165) is 12.0 Å². The van der Waals surface area contributed by atoms with Crippen LogP contribution in [0.15, 0.2) is 29.8 Å². The van der Waals surface area contributed by atoms with Gasteiger partial charge in [-0.3, -0.25) is 0 Å². The van der Waals surface area contributed by atoms with Gasteiger partial charge in [0.15, 0.2) is 0 Å². The molecule has 1 aromatic carbocycles. The maximum absolute atomic E-state index is 10.0. The molecule has 0 aromatic heterocycles. The summed E-state index contributed by atoms with van der Waals surface area (Å²) in [6.07, 6.45) is 4.60. The van der Waals surface area contributed by atoms with Gasteiger partial charge in [-0.05, 0) is 37.7 Å². The molecule has 98 valence electrons. The molecule has 0 fully saturated rings. The largest absolute Gasteiger partial charge is 0.508 e. The van der Waals surface area contributed by atoms with Crippen molar-refractivity contribution in [1.82, 2.24) is 0 Å². The molecule has 0 heterocycles. The lowest BCUT2D eigenvalue weighted by Gasteiger charge is -2.33. The molecule has 1 aromatic rings. The van der Waals surface area contributed by atoms with Gasteiger partial charge in [0, 0.05) is 17.5 Å². The molecule has 2 N–H and O–H groups in total. The molecule has 0 radical (unpaired) electrons. The van der Waals surface area contributed by atoms with E-state index in [1.165, 1.54) is 18.1 Å². The number of rotatable bonds is 2. The number of phenolic OH excluding ortho intramolecular Hbond substituents is 2. The van der Waals surface area contributed by atoms with Crippen LogP contribution in [0.3, 0.4) is 0 Å². The van der Waals surface area contributed by atoms with Gasteiger partial charge in [-0.1, -0.05) is 31.6 Å². The highest BCUT2D eigenvalue weighted by Crippen LogP contribution is 2.43. The van der Waals surface area contributed by atoms with Crippen molar-refractivity contribution in [3.63, 3.8) is 0 Å². The molecule has 0 saturated heterocycles. The standard InChI is InChI=1S/C16H22O2/c1-10(2)13-6-4-11(3)8-15(13)14-7-5-12(17)9-16(14)18/h5,7-10,13,15,17-18H,4,6H2,1-3H3. The highest BCUT2D eigenvalue weighted by atomic mass is 16.3. The Morgan fingerprint density at radius 3 is 2.56 bits per heavy atom. The summed E-state index contributed by atoms with van der Waals surface area (Å²) in [4.78, 5) is 0. The number of hydrogen-bond donors (Lipinski definition) is 2. The molecule has 0 aliphatic heterocycles. The van der Waals surface area contributed by atoms with Gasteiger partial charge >= 0.3 is 0 Å².